The maximum Gasteiger partial charge on any atom is 0.242 e. The van der Waals surface area contributed by atoms with Gasteiger partial charge in [-0.2, -0.15) is 0 Å². The van der Waals surface area contributed by atoms with Crippen LogP contribution in [0.5, 0.6) is 0 Å². The lowest BCUT2D eigenvalue weighted by Gasteiger charge is -2.39. The fraction of sp³-hybridized carbons (Fsp3) is 0.538. The minimum absolute atomic E-state index is 0.0531. The van der Waals surface area contributed by atoms with Gasteiger partial charge in [-0.05, 0) is 52.9 Å². The third-order valence-corrected chi connectivity index (χ3v) is 4.99. The van der Waals surface area contributed by atoms with Gasteiger partial charge in [0.25, 0.3) is 0 Å². The van der Waals surface area contributed by atoms with Crippen molar-refractivity contribution < 1.29 is 13.5 Å². The van der Waals surface area contributed by atoms with Gasteiger partial charge in [0.05, 0.1) is 16.8 Å². The molecule has 0 radical (unpaired) electrons. The van der Waals surface area contributed by atoms with E-state index in [1.165, 1.54) is 13.1 Å². The fourth-order valence-corrected chi connectivity index (χ4v) is 2.38. The summed E-state index contributed by atoms with van der Waals surface area (Å²) in [5.74, 6) is 0. The molecule has 114 valence electrons. The van der Waals surface area contributed by atoms with Crippen LogP contribution in [0.3, 0.4) is 0 Å². The van der Waals surface area contributed by atoms with Gasteiger partial charge in [-0.25, -0.2) is 13.1 Å². The molecular formula is C13H23N3O3S. The van der Waals surface area contributed by atoms with Crippen LogP contribution < -0.4 is 15.8 Å². The SMILES string of the molecule is CNS(=O)(=O)c1cc(N)ccc1NC(C)(C)C(C)(C)O. The van der Waals surface area contributed by atoms with Crippen LogP contribution in [0.2, 0.25) is 0 Å². The number of aliphatic hydroxyl groups is 1. The molecule has 0 unspecified atom stereocenters. The predicted molar refractivity (Wildman–Crippen MR) is 81.1 cm³/mol. The molecule has 0 bridgehead atoms. The van der Waals surface area contributed by atoms with Crippen LogP contribution in [0.15, 0.2) is 23.1 Å². The zero-order valence-electron chi connectivity index (χ0n) is 12.5. The molecule has 0 spiro atoms. The van der Waals surface area contributed by atoms with Gasteiger partial charge in [-0.1, -0.05) is 0 Å². The highest BCUT2D eigenvalue weighted by atomic mass is 32.2. The number of benzene rings is 1. The molecule has 20 heavy (non-hydrogen) atoms. The normalized spacial score (nSPS) is 13.3. The van der Waals surface area contributed by atoms with E-state index in [-0.39, 0.29) is 4.90 Å². The number of anilines is 2. The summed E-state index contributed by atoms with van der Waals surface area (Å²) >= 11 is 0. The first-order chi connectivity index (χ1) is 8.90. The minimum Gasteiger partial charge on any atom is -0.399 e. The largest absolute Gasteiger partial charge is 0.399 e. The second-order valence-electron chi connectivity index (χ2n) is 5.77. The first-order valence-electron chi connectivity index (χ1n) is 6.24. The van der Waals surface area contributed by atoms with E-state index in [1.807, 2.05) is 0 Å². The zero-order valence-corrected chi connectivity index (χ0v) is 13.3. The summed E-state index contributed by atoms with van der Waals surface area (Å²) in [7, 11) is -2.31. The standard InChI is InChI=1S/C13H23N3O3S/c1-12(2,13(3,4)17)16-10-7-6-9(14)8-11(10)20(18,19)15-5/h6-8,15-17H,14H2,1-5H3. The van der Waals surface area contributed by atoms with Crippen LogP contribution in [0.4, 0.5) is 11.4 Å². The monoisotopic (exact) mass is 301 g/mol. The van der Waals surface area contributed by atoms with Crippen molar-refractivity contribution >= 4 is 21.4 Å². The maximum absolute atomic E-state index is 12.0. The van der Waals surface area contributed by atoms with E-state index in [0.29, 0.717) is 11.4 Å². The van der Waals surface area contributed by atoms with Gasteiger partial charge >= 0.3 is 0 Å². The van der Waals surface area contributed by atoms with Crippen LogP contribution in [0.1, 0.15) is 27.7 Å². The maximum atomic E-state index is 12.0. The van der Waals surface area contributed by atoms with Gasteiger partial charge in [0, 0.05) is 5.69 Å². The van der Waals surface area contributed by atoms with Gasteiger partial charge in [0.1, 0.15) is 4.90 Å². The quantitative estimate of drug-likeness (QED) is 0.610. The highest BCUT2D eigenvalue weighted by molar-refractivity contribution is 7.89. The van der Waals surface area contributed by atoms with Crippen molar-refractivity contribution in [2.75, 3.05) is 18.1 Å². The van der Waals surface area contributed by atoms with E-state index in [2.05, 4.69) is 10.0 Å². The van der Waals surface area contributed by atoms with Crippen molar-refractivity contribution in [2.24, 2.45) is 0 Å². The molecule has 0 amide bonds. The molecule has 1 aromatic carbocycles. The van der Waals surface area contributed by atoms with Gasteiger partial charge in [-0.15, -0.1) is 0 Å². The van der Waals surface area contributed by atoms with Crippen LogP contribution in [0, 0.1) is 0 Å². The van der Waals surface area contributed by atoms with Crippen LogP contribution in [0.25, 0.3) is 0 Å². The van der Waals surface area contributed by atoms with Crippen LogP contribution in [-0.2, 0) is 10.0 Å². The fourth-order valence-electron chi connectivity index (χ4n) is 1.46. The molecular weight excluding hydrogens is 278 g/mol. The van der Waals surface area contributed by atoms with E-state index in [0.717, 1.165) is 0 Å². The predicted octanol–water partition coefficient (Wildman–Crippen LogP) is 1.14. The number of sulfonamides is 1. The summed E-state index contributed by atoms with van der Waals surface area (Å²) in [5, 5.41) is 13.2. The Bertz CT molecular complexity index is 589. The third kappa shape index (κ3) is 3.41. The zero-order chi connectivity index (χ0) is 15.8. The summed E-state index contributed by atoms with van der Waals surface area (Å²) in [6.07, 6.45) is 0. The Balaban J connectivity index is 3.34. The molecule has 0 fully saturated rings. The molecule has 6 nitrogen and oxygen atoms in total. The Morgan fingerprint density at radius 2 is 1.75 bits per heavy atom. The molecule has 1 aromatic rings. The third-order valence-electron chi connectivity index (χ3n) is 3.54. The molecule has 5 N–H and O–H groups in total. The molecule has 0 aliphatic rings. The van der Waals surface area contributed by atoms with Crippen molar-refractivity contribution in [3.05, 3.63) is 18.2 Å². The smallest absolute Gasteiger partial charge is 0.242 e. The van der Waals surface area contributed by atoms with Crippen molar-refractivity contribution in [1.82, 2.24) is 4.72 Å². The Kier molecular flexibility index (Phi) is 4.38. The molecule has 0 heterocycles. The van der Waals surface area contributed by atoms with Crippen LogP contribution in [-0.4, -0.2) is 31.7 Å². The summed E-state index contributed by atoms with van der Waals surface area (Å²) in [6.45, 7) is 6.89. The number of rotatable bonds is 5. The second-order valence-corrected chi connectivity index (χ2v) is 7.63. The molecule has 0 aliphatic carbocycles. The van der Waals surface area contributed by atoms with Crippen molar-refractivity contribution in [3.63, 3.8) is 0 Å². The number of hydrogen-bond donors (Lipinski definition) is 4. The van der Waals surface area contributed by atoms with Crippen molar-refractivity contribution in [2.45, 2.75) is 43.7 Å². The summed E-state index contributed by atoms with van der Waals surface area (Å²) in [6, 6.07) is 4.58. The van der Waals surface area contributed by atoms with E-state index in [9.17, 15) is 13.5 Å². The van der Waals surface area contributed by atoms with Gasteiger partial charge in [-0.3, -0.25) is 0 Å². The number of nitrogens with one attached hydrogen (secondary N) is 2. The van der Waals surface area contributed by atoms with Gasteiger partial charge < -0.3 is 16.2 Å². The summed E-state index contributed by atoms with van der Waals surface area (Å²) in [5.41, 5.74) is 4.62. The first-order valence-corrected chi connectivity index (χ1v) is 7.73. The molecule has 7 heteroatoms. The minimum atomic E-state index is -3.64. The molecule has 0 atom stereocenters. The molecule has 0 saturated heterocycles. The first kappa shape index (κ1) is 16.7. The number of nitrogen functional groups attached to an aromatic ring is 1. The van der Waals surface area contributed by atoms with Crippen LogP contribution >= 0.6 is 0 Å². The lowest BCUT2D eigenvalue weighted by Crippen LogP contribution is -2.51. The molecule has 1 rings (SSSR count). The van der Waals surface area contributed by atoms with Crippen molar-refractivity contribution in [3.8, 4) is 0 Å². The van der Waals surface area contributed by atoms with E-state index >= 15 is 0 Å². The Morgan fingerprint density at radius 3 is 2.20 bits per heavy atom. The van der Waals surface area contributed by atoms with Gasteiger partial charge in [0.2, 0.25) is 10.0 Å². The van der Waals surface area contributed by atoms with E-state index in [1.54, 1.807) is 39.8 Å². The Hall–Kier alpha value is -1.31. The topological polar surface area (TPSA) is 104 Å². The molecule has 0 aromatic heterocycles. The van der Waals surface area contributed by atoms with E-state index < -0.39 is 21.2 Å². The van der Waals surface area contributed by atoms with Crippen molar-refractivity contribution in [1.29, 1.82) is 0 Å². The highest BCUT2D eigenvalue weighted by Gasteiger charge is 2.36. The Labute approximate surface area is 120 Å². The summed E-state index contributed by atoms with van der Waals surface area (Å²) < 4.78 is 26.3. The number of nitrogens with two attached hydrogens (primary N) is 1. The average Bonchev–Trinajstić information content (AvgIpc) is 2.29. The lowest BCUT2D eigenvalue weighted by atomic mass is 9.86. The summed E-state index contributed by atoms with van der Waals surface area (Å²) in [4.78, 5) is 0.0531. The molecule has 0 saturated carbocycles. The second kappa shape index (κ2) is 5.23. The molecule has 0 aliphatic heterocycles. The van der Waals surface area contributed by atoms with Gasteiger partial charge in [0.15, 0.2) is 0 Å². The lowest BCUT2D eigenvalue weighted by molar-refractivity contribution is 0.0239. The Morgan fingerprint density at radius 1 is 1.20 bits per heavy atom. The van der Waals surface area contributed by atoms with E-state index in [4.69, 9.17) is 5.73 Å². The average molecular weight is 301 g/mol. The highest BCUT2D eigenvalue weighted by Crippen LogP contribution is 2.30. The number of hydrogen-bond acceptors (Lipinski definition) is 5.